The molecule has 0 unspecified atom stereocenters. The largest absolute Gasteiger partial charge is 0.345 e. The predicted octanol–water partition coefficient (Wildman–Crippen LogP) is 1.32. The minimum Gasteiger partial charge on any atom is -0.345 e. The van der Waals surface area contributed by atoms with Crippen molar-refractivity contribution in [2.75, 3.05) is 6.54 Å². The number of carbonyl (C=O) groups is 1. The lowest BCUT2D eigenvalue weighted by Gasteiger charge is -2.00. The zero-order valence-electron chi connectivity index (χ0n) is 8.87. The van der Waals surface area contributed by atoms with Gasteiger partial charge in [0.2, 0.25) is 0 Å². The summed E-state index contributed by atoms with van der Waals surface area (Å²) < 4.78 is 0. The van der Waals surface area contributed by atoms with Gasteiger partial charge < -0.3 is 10.3 Å². The van der Waals surface area contributed by atoms with Gasteiger partial charge in [-0.3, -0.25) is 4.79 Å². The fourth-order valence-electron chi connectivity index (χ4n) is 1.39. The lowest BCUT2D eigenvalue weighted by molar-refractivity contribution is 0.0959. The van der Waals surface area contributed by atoms with Crippen molar-refractivity contribution in [1.82, 2.24) is 15.3 Å². The van der Waals surface area contributed by atoms with Gasteiger partial charge in [-0.05, 0) is 25.1 Å². The van der Waals surface area contributed by atoms with E-state index in [1.54, 1.807) is 25.4 Å². The molecule has 1 amide bonds. The maximum atomic E-state index is 11.7. The molecule has 0 saturated heterocycles. The summed E-state index contributed by atoms with van der Waals surface area (Å²) in [7, 11) is 0. The lowest BCUT2D eigenvalue weighted by atomic mass is 10.2. The molecule has 4 heteroatoms. The highest BCUT2D eigenvalue weighted by molar-refractivity contribution is 5.97. The van der Waals surface area contributed by atoms with E-state index in [9.17, 15) is 4.79 Å². The van der Waals surface area contributed by atoms with Crippen LogP contribution >= 0.6 is 0 Å². The number of carbonyl (C=O) groups excluding carboxylic acids is 1. The predicted molar refractivity (Wildman–Crippen MR) is 61.9 cm³/mol. The van der Waals surface area contributed by atoms with Gasteiger partial charge in [0.05, 0.1) is 23.9 Å². The van der Waals surface area contributed by atoms with Gasteiger partial charge in [0.25, 0.3) is 5.91 Å². The molecule has 4 nitrogen and oxygen atoms in total. The molecule has 1 aromatic carbocycles. The zero-order valence-corrected chi connectivity index (χ0v) is 8.87. The molecule has 0 aliphatic rings. The van der Waals surface area contributed by atoms with Crippen LogP contribution in [0.5, 0.6) is 0 Å². The number of amides is 1. The summed E-state index contributed by atoms with van der Waals surface area (Å²) >= 11 is 0. The van der Waals surface area contributed by atoms with Crippen LogP contribution in [-0.2, 0) is 0 Å². The van der Waals surface area contributed by atoms with Crippen molar-refractivity contribution in [3.63, 3.8) is 0 Å². The summed E-state index contributed by atoms with van der Waals surface area (Å²) in [5.74, 6) is 5.37. The number of hydrogen-bond donors (Lipinski definition) is 2. The fourth-order valence-corrected chi connectivity index (χ4v) is 1.39. The number of aromatic nitrogens is 2. The molecule has 0 aliphatic heterocycles. The molecule has 1 heterocycles. The SMILES string of the molecule is CC#CCNC(=O)c1ccc2nc[nH]c2c1. The highest BCUT2D eigenvalue weighted by Gasteiger charge is 2.05. The van der Waals surface area contributed by atoms with Crippen LogP contribution in [0.15, 0.2) is 24.5 Å². The first-order chi connectivity index (χ1) is 7.81. The molecule has 2 N–H and O–H groups in total. The van der Waals surface area contributed by atoms with Gasteiger partial charge in [0, 0.05) is 5.56 Å². The second-order valence-electron chi connectivity index (χ2n) is 3.24. The van der Waals surface area contributed by atoms with Gasteiger partial charge in [-0.25, -0.2) is 4.98 Å². The third-order valence-corrected chi connectivity index (χ3v) is 2.20. The van der Waals surface area contributed by atoms with Crippen molar-refractivity contribution in [2.24, 2.45) is 0 Å². The third kappa shape index (κ3) is 2.04. The van der Waals surface area contributed by atoms with Crippen LogP contribution in [0, 0.1) is 11.8 Å². The average Bonchev–Trinajstić information content (AvgIpc) is 2.76. The highest BCUT2D eigenvalue weighted by atomic mass is 16.1. The Hall–Kier alpha value is -2.28. The van der Waals surface area contributed by atoms with Gasteiger partial charge in [-0.15, -0.1) is 5.92 Å². The Morgan fingerprint density at radius 2 is 2.44 bits per heavy atom. The molecule has 1 aromatic heterocycles. The Bertz CT molecular complexity index is 574. The maximum absolute atomic E-state index is 11.7. The van der Waals surface area contributed by atoms with E-state index in [1.807, 2.05) is 6.07 Å². The number of nitrogens with one attached hydrogen (secondary N) is 2. The van der Waals surface area contributed by atoms with Gasteiger partial charge in [-0.1, -0.05) is 5.92 Å². The summed E-state index contributed by atoms with van der Waals surface area (Å²) in [6, 6.07) is 5.33. The van der Waals surface area contributed by atoms with Crippen LogP contribution in [-0.4, -0.2) is 22.4 Å². The van der Waals surface area contributed by atoms with E-state index in [2.05, 4.69) is 27.1 Å². The van der Waals surface area contributed by atoms with Crippen molar-refractivity contribution in [3.8, 4) is 11.8 Å². The first-order valence-corrected chi connectivity index (χ1v) is 4.92. The number of H-pyrrole nitrogens is 1. The smallest absolute Gasteiger partial charge is 0.252 e. The van der Waals surface area contributed by atoms with Gasteiger partial charge >= 0.3 is 0 Å². The molecular weight excluding hydrogens is 202 g/mol. The molecule has 16 heavy (non-hydrogen) atoms. The van der Waals surface area contributed by atoms with E-state index in [0.717, 1.165) is 11.0 Å². The van der Waals surface area contributed by atoms with Crippen LogP contribution in [0.3, 0.4) is 0 Å². The van der Waals surface area contributed by atoms with E-state index in [4.69, 9.17) is 0 Å². The van der Waals surface area contributed by atoms with E-state index in [0.29, 0.717) is 12.1 Å². The minimum absolute atomic E-state index is 0.126. The summed E-state index contributed by atoms with van der Waals surface area (Å²) in [6.07, 6.45) is 1.61. The Morgan fingerprint density at radius 1 is 1.56 bits per heavy atom. The molecule has 80 valence electrons. The number of hydrogen-bond acceptors (Lipinski definition) is 2. The van der Waals surface area contributed by atoms with Crippen LogP contribution < -0.4 is 5.32 Å². The van der Waals surface area contributed by atoms with Crippen LogP contribution in [0.2, 0.25) is 0 Å². The Labute approximate surface area is 93.1 Å². The van der Waals surface area contributed by atoms with Gasteiger partial charge in [0.15, 0.2) is 0 Å². The van der Waals surface area contributed by atoms with Crippen LogP contribution in [0.4, 0.5) is 0 Å². The second-order valence-corrected chi connectivity index (χ2v) is 3.24. The maximum Gasteiger partial charge on any atom is 0.252 e. The van der Waals surface area contributed by atoms with E-state index >= 15 is 0 Å². The molecule has 0 saturated carbocycles. The number of nitrogens with zero attached hydrogens (tertiary/aromatic N) is 1. The normalized spacial score (nSPS) is 9.56. The standard InChI is InChI=1S/C12H11N3O/c1-2-3-6-13-12(16)9-4-5-10-11(7-9)15-8-14-10/h4-5,7-8H,6H2,1H3,(H,13,16)(H,14,15). The van der Waals surface area contributed by atoms with Gasteiger partial charge in [-0.2, -0.15) is 0 Å². The van der Waals surface area contributed by atoms with Crippen LogP contribution in [0.1, 0.15) is 17.3 Å². The lowest BCUT2D eigenvalue weighted by Crippen LogP contribution is -2.23. The first kappa shape index (κ1) is 10.2. The van der Waals surface area contributed by atoms with Crippen molar-refractivity contribution in [1.29, 1.82) is 0 Å². The quantitative estimate of drug-likeness (QED) is 0.739. The van der Waals surface area contributed by atoms with E-state index in [1.165, 1.54) is 0 Å². The topological polar surface area (TPSA) is 57.8 Å². The highest BCUT2D eigenvalue weighted by Crippen LogP contribution is 2.11. The van der Waals surface area contributed by atoms with Crippen molar-refractivity contribution in [2.45, 2.75) is 6.92 Å². The summed E-state index contributed by atoms with van der Waals surface area (Å²) in [5, 5.41) is 2.71. The number of aromatic amines is 1. The summed E-state index contributed by atoms with van der Waals surface area (Å²) in [6.45, 7) is 2.11. The Balaban J connectivity index is 2.18. The molecule has 0 bridgehead atoms. The average molecular weight is 213 g/mol. The second kappa shape index (κ2) is 4.49. The number of benzene rings is 1. The molecule has 0 fully saturated rings. The minimum atomic E-state index is -0.126. The molecule has 2 aromatic rings. The molecule has 0 atom stereocenters. The Kier molecular flexibility index (Phi) is 2.88. The number of rotatable bonds is 2. The molecular formula is C12H11N3O. The third-order valence-electron chi connectivity index (χ3n) is 2.20. The zero-order chi connectivity index (χ0) is 11.4. The van der Waals surface area contributed by atoms with E-state index < -0.39 is 0 Å². The van der Waals surface area contributed by atoms with Crippen molar-refractivity contribution < 1.29 is 4.79 Å². The van der Waals surface area contributed by atoms with E-state index in [-0.39, 0.29) is 5.91 Å². The summed E-state index contributed by atoms with van der Waals surface area (Å²) in [4.78, 5) is 18.7. The molecule has 0 aliphatic carbocycles. The fraction of sp³-hybridized carbons (Fsp3) is 0.167. The van der Waals surface area contributed by atoms with Crippen molar-refractivity contribution in [3.05, 3.63) is 30.1 Å². The molecule has 0 radical (unpaired) electrons. The Morgan fingerprint density at radius 3 is 3.25 bits per heavy atom. The number of imidazole rings is 1. The monoisotopic (exact) mass is 213 g/mol. The van der Waals surface area contributed by atoms with Crippen molar-refractivity contribution >= 4 is 16.9 Å². The molecule has 2 rings (SSSR count). The van der Waals surface area contributed by atoms with Gasteiger partial charge in [0.1, 0.15) is 0 Å². The summed E-state index contributed by atoms with van der Waals surface area (Å²) in [5.41, 5.74) is 2.31. The first-order valence-electron chi connectivity index (χ1n) is 4.92. The number of fused-ring (bicyclic) bond motifs is 1. The molecule has 0 spiro atoms. The van der Waals surface area contributed by atoms with Crippen LogP contribution in [0.25, 0.3) is 11.0 Å².